The molecule has 0 aliphatic carbocycles. The molecule has 0 atom stereocenters. The number of halogens is 1. The second-order valence-corrected chi connectivity index (χ2v) is 5.45. The Morgan fingerprint density at radius 3 is 2.79 bits per heavy atom. The molecule has 4 nitrogen and oxygen atoms in total. The molecule has 6 heteroatoms. The molecule has 0 fully saturated rings. The SMILES string of the molecule is CC(C)(Nc1cccc(F)c1C(=O)O)c1nccs1. The second kappa shape index (κ2) is 4.97. The summed E-state index contributed by atoms with van der Waals surface area (Å²) in [4.78, 5) is 15.3. The third-order valence-electron chi connectivity index (χ3n) is 2.64. The molecule has 1 heterocycles. The van der Waals surface area contributed by atoms with Gasteiger partial charge in [-0.3, -0.25) is 0 Å². The fourth-order valence-corrected chi connectivity index (χ4v) is 2.49. The van der Waals surface area contributed by atoms with Crippen molar-refractivity contribution in [1.29, 1.82) is 0 Å². The lowest BCUT2D eigenvalue weighted by molar-refractivity contribution is 0.0693. The van der Waals surface area contributed by atoms with Crippen LogP contribution in [0.5, 0.6) is 0 Å². The van der Waals surface area contributed by atoms with Crippen molar-refractivity contribution in [2.75, 3.05) is 5.32 Å². The van der Waals surface area contributed by atoms with E-state index in [1.807, 2.05) is 19.2 Å². The number of aromatic nitrogens is 1. The summed E-state index contributed by atoms with van der Waals surface area (Å²) in [5, 5.41) is 14.8. The first kappa shape index (κ1) is 13.5. The highest BCUT2D eigenvalue weighted by atomic mass is 32.1. The van der Waals surface area contributed by atoms with E-state index < -0.39 is 17.3 Å². The molecule has 1 aromatic carbocycles. The molecule has 0 amide bonds. The monoisotopic (exact) mass is 280 g/mol. The van der Waals surface area contributed by atoms with Gasteiger partial charge in [0.2, 0.25) is 0 Å². The van der Waals surface area contributed by atoms with Crippen LogP contribution in [0.1, 0.15) is 29.2 Å². The van der Waals surface area contributed by atoms with Crippen LogP contribution in [0.2, 0.25) is 0 Å². The third-order valence-corrected chi connectivity index (χ3v) is 3.74. The van der Waals surface area contributed by atoms with Crippen LogP contribution in [0.15, 0.2) is 29.8 Å². The van der Waals surface area contributed by atoms with Crippen LogP contribution in [0.25, 0.3) is 0 Å². The fourth-order valence-electron chi connectivity index (χ4n) is 1.77. The minimum atomic E-state index is -1.30. The lowest BCUT2D eigenvalue weighted by Crippen LogP contribution is -2.29. The predicted octanol–water partition coefficient (Wildman–Crippen LogP) is 3.33. The summed E-state index contributed by atoms with van der Waals surface area (Å²) in [5.74, 6) is -2.05. The molecule has 0 radical (unpaired) electrons. The highest BCUT2D eigenvalue weighted by Crippen LogP contribution is 2.29. The summed E-state index contributed by atoms with van der Waals surface area (Å²) in [5.41, 5.74) is -0.688. The van der Waals surface area contributed by atoms with Crippen LogP contribution in [-0.2, 0) is 5.54 Å². The molecule has 0 aliphatic rings. The van der Waals surface area contributed by atoms with Crippen LogP contribution in [0.4, 0.5) is 10.1 Å². The Kier molecular flexibility index (Phi) is 3.53. The standard InChI is InChI=1S/C13H13FN2O2S/c1-13(2,12-15-6-7-19-12)16-9-5-3-4-8(14)10(9)11(17)18/h3-7,16H,1-2H3,(H,17,18). The largest absolute Gasteiger partial charge is 0.478 e. The van der Waals surface area contributed by atoms with E-state index in [1.165, 1.54) is 17.4 Å². The Morgan fingerprint density at radius 1 is 1.47 bits per heavy atom. The zero-order valence-corrected chi connectivity index (χ0v) is 11.3. The van der Waals surface area contributed by atoms with Crippen molar-refractivity contribution >= 4 is 23.0 Å². The van der Waals surface area contributed by atoms with E-state index in [-0.39, 0.29) is 11.3 Å². The van der Waals surface area contributed by atoms with Crippen LogP contribution in [0.3, 0.4) is 0 Å². The number of nitrogens with one attached hydrogen (secondary N) is 1. The molecule has 0 unspecified atom stereocenters. The number of nitrogens with zero attached hydrogens (tertiary/aromatic N) is 1. The topological polar surface area (TPSA) is 62.2 Å². The molecule has 19 heavy (non-hydrogen) atoms. The highest BCUT2D eigenvalue weighted by Gasteiger charge is 2.26. The van der Waals surface area contributed by atoms with E-state index in [2.05, 4.69) is 10.3 Å². The van der Waals surface area contributed by atoms with E-state index in [4.69, 9.17) is 5.11 Å². The van der Waals surface area contributed by atoms with Crippen LogP contribution in [-0.4, -0.2) is 16.1 Å². The van der Waals surface area contributed by atoms with Crippen LogP contribution < -0.4 is 5.32 Å². The van der Waals surface area contributed by atoms with Crippen molar-refractivity contribution in [3.05, 3.63) is 46.2 Å². The lowest BCUT2D eigenvalue weighted by atomic mass is 10.0. The molecular formula is C13H13FN2O2S. The van der Waals surface area contributed by atoms with Crippen molar-refractivity contribution in [2.45, 2.75) is 19.4 Å². The Labute approximate surface area is 113 Å². The quantitative estimate of drug-likeness (QED) is 0.901. The van der Waals surface area contributed by atoms with Crippen LogP contribution in [0, 0.1) is 5.82 Å². The summed E-state index contributed by atoms with van der Waals surface area (Å²) < 4.78 is 13.6. The molecule has 2 rings (SSSR count). The van der Waals surface area contributed by atoms with Gasteiger partial charge in [-0.05, 0) is 26.0 Å². The first-order valence-electron chi connectivity index (χ1n) is 5.62. The van der Waals surface area contributed by atoms with Crippen molar-refractivity contribution in [2.24, 2.45) is 0 Å². The molecular weight excluding hydrogens is 267 g/mol. The summed E-state index contributed by atoms with van der Waals surface area (Å²) >= 11 is 1.45. The summed E-state index contributed by atoms with van der Waals surface area (Å²) in [6.45, 7) is 3.73. The lowest BCUT2D eigenvalue weighted by Gasteiger charge is -2.26. The van der Waals surface area contributed by atoms with Gasteiger partial charge < -0.3 is 10.4 Å². The number of hydrogen-bond acceptors (Lipinski definition) is 4. The Balaban J connectivity index is 2.39. The van der Waals surface area contributed by atoms with Gasteiger partial charge in [0, 0.05) is 11.6 Å². The number of benzene rings is 1. The number of carboxylic acids is 1. The summed E-state index contributed by atoms with van der Waals surface area (Å²) in [6, 6.07) is 4.15. The Morgan fingerprint density at radius 2 is 2.21 bits per heavy atom. The fraction of sp³-hybridized carbons (Fsp3) is 0.231. The van der Waals surface area contributed by atoms with Gasteiger partial charge in [-0.25, -0.2) is 14.2 Å². The van der Waals surface area contributed by atoms with Gasteiger partial charge in [0.05, 0.1) is 11.2 Å². The molecule has 0 saturated heterocycles. The minimum Gasteiger partial charge on any atom is -0.478 e. The predicted molar refractivity (Wildman–Crippen MR) is 72.1 cm³/mol. The van der Waals surface area contributed by atoms with E-state index in [1.54, 1.807) is 12.3 Å². The second-order valence-electron chi connectivity index (χ2n) is 4.55. The number of anilines is 1. The van der Waals surface area contributed by atoms with Crippen molar-refractivity contribution in [3.8, 4) is 0 Å². The van der Waals surface area contributed by atoms with Crippen molar-refractivity contribution in [3.63, 3.8) is 0 Å². The zero-order valence-electron chi connectivity index (χ0n) is 10.5. The molecule has 0 spiro atoms. The molecule has 0 bridgehead atoms. The maximum atomic E-state index is 13.6. The molecule has 100 valence electrons. The van der Waals surface area contributed by atoms with E-state index >= 15 is 0 Å². The minimum absolute atomic E-state index is 0.243. The molecule has 0 saturated carbocycles. The number of aromatic carboxylic acids is 1. The van der Waals surface area contributed by atoms with E-state index in [0.717, 1.165) is 11.1 Å². The number of hydrogen-bond donors (Lipinski definition) is 2. The third kappa shape index (κ3) is 2.73. The Hall–Kier alpha value is -1.95. The first-order valence-corrected chi connectivity index (χ1v) is 6.50. The number of thiazole rings is 1. The first-order chi connectivity index (χ1) is 8.92. The van der Waals surface area contributed by atoms with Gasteiger partial charge in [0.1, 0.15) is 16.4 Å². The average molecular weight is 280 g/mol. The van der Waals surface area contributed by atoms with Gasteiger partial charge >= 0.3 is 5.97 Å². The van der Waals surface area contributed by atoms with Gasteiger partial charge in [0.15, 0.2) is 0 Å². The number of rotatable bonds is 4. The van der Waals surface area contributed by atoms with E-state index in [9.17, 15) is 9.18 Å². The normalized spacial score (nSPS) is 11.3. The maximum absolute atomic E-state index is 13.6. The smallest absolute Gasteiger partial charge is 0.340 e. The van der Waals surface area contributed by atoms with Crippen LogP contribution >= 0.6 is 11.3 Å². The summed E-state index contributed by atoms with van der Waals surface area (Å²) in [6.07, 6.45) is 1.67. The van der Waals surface area contributed by atoms with Gasteiger partial charge in [-0.2, -0.15) is 0 Å². The maximum Gasteiger partial charge on any atom is 0.340 e. The molecule has 1 aromatic heterocycles. The number of carboxylic acid groups (broad SMARTS) is 1. The van der Waals surface area contributed by atoms with Crippen molar-refractivity contribution < 1.29 is 14.3 Å². The van der Waals surface area contributed by atoms with Gasteiger partial charge in [-0.1, -0.05) is 6.07 Å². The number of carbonyl (C=O) groups is 1. The molecule has 2 N–H and O–H groups in total. The van der Waals surface area contributed by atoms with Gasteiger partial charge in [-0.15, -0.1) is 11.3 Å². The van der Waals surface area contributed by atoms with E-state index in [0.29, 0.717) is 0 Å². The highest BCUT2D eigenvalue weighted by molar-refractivity contribution is 7.09. The van der Waals surface area contributed by atoms with Gasteiger partial charge in [0.25, 0.3) is 0 Å². The molecule has 0 aliphatic heterocycles. The molecule has 2 aromatic rings. The Bertz CT molecular complexity index is 597. The zero-order chi connectivity index (χ0) is 14.0. The van der Waals surface area contributed by atoms with Crippen molar-refractivity contribution in [1.82, 2.24) is 4.98 Å². The summed E-state index contributed by atoms with van der Waals surface area (Å²) in [7, 11) is 0. The average Bonchev–Trinajstić information content (AvgIpc) is 2.81.